The minimum Gasteiger partial charge on any atom is -0.493 e. The van der Waals surface area contributed by atoms with E-state index in [0.717, 1.165) is 16.6 Å². The van der Waals surface area contributed by atoms with E-state index in [2.05, 4.69) is 9.97 Å². The molecule has 0 radical (unpaired) electrons. The lowest BCUT2D eigenvalue weighted by Gasteiger charge is -2.18. The number of likely N-dealkylation sites (tertiary alicyclic amines) is 1. The molecule has 0 amide bonds. The van der Waals surface area contributed by atoms with Gasteiger partial charge in [0, 0.05) is 6.54 Å². The second-order valence-corrected chi connectivity index (χ2v) is 6.78. The number of Topliss-reactive ketones (excluding diaryl/α,β-unsaturated/α-hetero) is 1. The third-order valence-corrected chi connectivity index (χ3v) is 5.08. The van der Waals surface area contributed by atoms with Crippen LogP contribution in [0.25, 0.3) is 11.0 Å². The molecule has 0 saturated carbocycles. The highest BCUT2D eigenvalue weighted by Gasteiger charge is 2.38. The van der Waals surface area contributed by atoms with E-state index in [0.29, 0.717) is 36.1 Å². The highest BCUT2D eigenvalue weighted by molar-refractivity contribution is 6.13. The number of rotatable bonds is 6. The van der Waals surface area contributed by atoms with Gasteiger partial charge < -0.3 is 19.4 Å². The molecule has 0 bridgehead atoms. The Kier molecular flexibility index (Phi) is 4.73. The van der Waals surface area contributed by atoms with Crippen LogP contribution in [0.2, 0.25) is 0 Å². The third-order valence-electron chi connectivity index (χ3n) is 5.08. The van der Waals surface area contributed by atoms with Gasteiger partial charge in [0.05, 0.1) is 31.8 Å². The predicted molar refractivity (Wildman–Crippen MR) is 106 cm³/mol. The molecule has 1 saturated heterocycles. The molecule has 1 aromatic heterocycles. The number of aromatic amines is 1. The lowest BCUT2D eigenvalue weighted by Crippen LogP contribution is -2.28. The molecule has 28 heavy (non-hydrogen) atoms. The monoisotopic (exact) mass is 378 g/mol. The average molecular weight is 378 g/mol. The normalized spacial score (nSPS) is 16.8. The second kappa shape index (κ2) is 7.34. The third kappa shape index (κ3) is 3.19. The van der Waals surface area contributed by atoms with Crippen molar-refractivity contribution in [3.63, 3.8) is 0 Å². The Morgan fingerprint density at radius 2 is 1.96 bits per heavy atom. The van der Waals surface area contributed by atoms with E-state index in [1.165, 1.54) is 0 Å². The quantitative estimate of drug-likeness (QED) is 0.688. The number of hydrogen-bond acceptors (Lipinski definition) is 5. The molecule has 2 N–H and O–H groups in total. The van der Waals surface area contributed by atoms with Crippen molar-refractivity contribution in [2.24, 2.45) is 0 Å². The lowest BCUT2D eigenvalue weighted by molar-refractivity contribution is -0.117. The van der Waals surface area contributed by atoms with Crippen LogP contribution in [0.5, 0.6) is 11.5 Å². The van der Waals surface area contributed by atoms with Crippen LogP contribution in [0.3, 0.4) is 0 Å². The Balaban J connectivity index is 1.48. The first-order chi connectivity index (χ1) is 13.6. The Labute approximate surface area is 162 Å². The predicted octanol–water partition coefficient (Wildman–Crippen LogP) is 2.77. The van der Waals surface area contributed by atoms with Crippen LogP contribution in [-0.4, -0.2) is 53.8 Å². The maximum atomic E-state index is 12.6. The van der Waals surface area contributed by atoms with Crippen molar-refractivity contribution in [2.45, 2.75) is 12.3 Å². The van der Waals surface area contributed by atoms with Crippen LogP contribution in [0.4, 0.5) is 0 Å². The minimum atomic E-state index is -0.627. The summed E-state index contributed by atoms with van der Waals surface area (Å²) in [4.78, 5) is 22.1. The summed E-state index contributed by atoms with van der Waals surface area (Å²) >= 11 is 0. The summed E-state index contributed by atoms with van der Waals surface area (Å²) in [5, 5.41) is 8.51. The van der Waals surface area contributed by atoms with E-state index in [1.54, 1.807) is 14.2 Å². The zero-order valence-electron chi connectivity index (χ0n) is 15.9. The summed E-state index contributed by atoms with van der Waals surface area (Å²) in [6.45, 7) is 0.810. The molecular formula is C21H22N4O3. The van der Waals surface area contributed by atoms with Crippen molar-refractivity contribution >= 4 is 22.7 Å². The van der Waals surface area contributed by atoms with E-state index >= 15 is 0 Å². The summed E-state index contributed by atoms with van der Waals surface area (Å²) in [7, 11) is 3.21. The number of para-hydroxylation sites is 2. The average Bonchev–Trinajstić information content (AvgIpc) is 3.25. The molecule has 1 atom stereocenters. The standard InChI is InChI=1S/C21H22N4O3/c1-27-17-8-7-13(11-18(17)28-2)9-10-25-12-16(26)19(20(25)22)21-23-14-5-3-4-6-15(14)24-21/h3-8,11,19,22H,9-10,12H2,1-2H3,(H,23,24). The van der Waals surface area contributed by atoms with Gasteiger partial charge in [-0.25, -0.2) is 4.98 Å². The summed E-state index contributed by atoms with van der Waals surface area (Å²) in [6.07, 6.45) is 0.697. The van der Waals surface area contributed by atoms with Crippen LogP contribution < -0.4 is 9.47 Å². The van der Waals surface area contributed by atoms with Crippen molar-refractivity contribution in [1.82, 2.24) is 14.9 Å². The molecule has 0 aliphatic carbocycles. The zero-order chi connectivity index (χ0) is 19.7. The van der Waals surface area contributed by atoms with E-state index in [1.807, 2.05) is 47.4 Å². The van der Waals surface area contributed by atoms with Gasteiger partial charge in [-0.2, -0.15) is 0 Å². The Bertz CT molecular complexity index is 1010. The smallest absolute Gasteiger partial charge is 0.170 e. The van der Waals surface area contributed by atoms with Gasteiger partial charge in [-0.15, -0.1) is 0 Å². The van der Waals surface area contributed by atoms with E-state index < -0.39 is 5.92 Å². The second-order valence-electron chi connectivity index (χ2n) is 6.78. The lowest BCUT2D eigenvalue weighted by atomic mass is 10.1. The minimum absolute atomic E-state index is 0.00336. The molecule has 7 nitrogen and oxygen atoms in total. The molecule has 144 valence electrons. The number of nitrogens with zero attached hydrogens (tertiary/aromatic N) is 2. The Hall–Kier alpha value is -3.35. The molecule has 3 aromatic rings. The molecule has 7 heteroatoms. The first-order valence-electron chi connectivity index (χ1n) is 9.12. The SMILES string of the molecule is COc1ccc(CCN2CC(=O)C(c3nc4ccccc4[nH]3)C2=N)cc1OC. The fourth-order valence-corrected chi connectivity index (χ4v) is 3.59. The van der Waals surface area contributed by atoms with Gasteiger partial charge in [-0.1, -0.05) is 18.2 Å². The summed E-state index contributed by atoms with van der Waals surface area (Å²) in [5.41, 5.74) is 2.74. The van der Waals surface area contributed by atoms with Gasteiger partial charge in [0.15, 0.2) is 17.3 Å². The maximum absolute atomic E-state index is 12.6. The number of imidazole rings is 1. The van der Waals surface area contributed by atoms with Crippen LogP contribution >= 0.6 is 0 Å². The fraction of sp³-hybridized carbons (Fsp3) is 0.286. The number of ether oxygens (including phenoxy) is 2. The van der Waals surface area contributed by atoms with Crippen molar-refractivity contribution in [3.05, 3.63) is 53.9 Å². The fourth-order valence-electron chi connectivity index (χ4n) is 3.59. The van der Waals surface area contributed by atoms with Crippen LogP contribution in [0.15, 0.2) is 42.5 Å². The van der Waals surface area contributed by atoms with Gasteiger partial charge in [0.25, 0.3) is 0 Å². The van der Waals surface area contributed by atoms with Crippen molar-refractivity contribution in [3.8, 4) is 11.5 Å². The van der Waals surface area contributed by atoms with Gasteiger partial charge >= 0.3 is 0 Å². The number of ketones is 1. The summed E-state index contributed by atoms with van der Waals surface area (Å²) < 4.78 is 10.6. The molecule has 0 spiro atoms. The Morgan fingerprint density at radius 1 is 1.18 bits per heavy atom. The highest BCUT2D eigenvalue weighted by atomic mass is 16.5. The maximum Gasteiger partial charge on any atom is 0.170 e. The van der Waals surface area contributed by atoms with E-state index in [-0.39, 0.29) is 12.3 Å². The number of carbonyl (C=O) groups is 1. The van der Waals surface area contributed by atoms with Gasteiger partial charge in [0.1, 0.15) is 17.6 Å². The number of benzene rings is 2. The highest BCUT2D eigenvalue weighted by Crippen LogP contribution is 2.29. The number of nitrogens with one attached hydrogen (secondary N) is 2. The largest absolute Gasteiger partial charge is 0.493 e. The van der Waals surface area contributed by atoms with Gasteiger partial charge in [-0.3, -0.25) is 10.2 Å². The van der Waals surface area contributed by atoms with Crippen LogP contribution in [0.1, 0.15) is 17.3 Å². The molecule has 2 heterocycles. The van der Waals surface area contributed by atoms with E-state index in [4.69, 9.17) is 14.9 Å². The molecular weight excluding hydrogens is 356 g/mol. The summed E-state index contributed by atoms with van der Waals surface area (Å²) in [5.74, 6) is 1.57. The van der Waals surface area contributed by atoms with Crippen molar-refractivity contribution < 1.29 is 14.3 Å². The first-order valence-corrected chi connectivity index (χ1v) is 9.12. The molecule has 1 unspecified atom stereocenters. The molecule has 1 fully saturated rings. The summed E-state index contributed by atoms with van der Waals surface area (Å²) in [6, 6.07) is 13.4. The van der Waals surface area contributed by atoms with Crippen molar-refractivity contribution in [2.75, 3.05) is 27.3 Å². The van der Waals surface area contributed by atoms with Crippen molar-refractivity contribution in [1.29, 1.82) is 5.41 Å². The topological polar surface area (TPSA) is 91.3 Å². The number of fused-ring (bicyclic) bond motifs is 1. The number of aromatic nitrogens is 2. The van der Waals surface area contributed by atoms with Crippen LogP contribution in [0, 0.1) is 5.41 Å². The Morgan fingerprint density at radius 3 is 2.71 bits per heavy atom. The van der Waals surface area contributed by atoms with Crippen LogP contribution in [-0.2, 0) is 11.2 Å². The molecule has 1 aliphatic rings. The van der Waals surface area contributed by atoms with Gasteiger partial charge in [0.2, 0.25) is 0 Å². The zero-order valence-corrected chi connectivity index (χ0v) is 15.9. The van der Waals surface area contributed by atoms with Gasteiger partial charge in [-0.05, 0) is 36.2 Å². The van der Waals surface area contributed by atoms with E-state index in [9.17, 15) is 4.79 Å². The number of amidine groups is 1. The number of methoxy groups -OCH3 is 2. The molecule has 1 aliphatic heterocycles. The number of H-pyrrole nitrogens is 1. The number of hydrogen-bond donors (Lipinski definition) is 2. The number of carbonyl (C=O) groups excluding carboxylic acids is 1. The first kappa shape index (κ1) is 18.0. The molecule has 2 aromatic carbocycles. The molecule has 4 rings (SSSR count).